The van der Waals surface area contributed by atoms with Gasteiger partial charge in [0.1, 0.15) is 32.0 Å². The molecule has 26 heavy (non-hydrogen) atoms. The first-order valence-corrected chi connectivity index (χ1v) is 9.34. The van der Waals surface area contributed by atoms with Crippen molar-refractivity contribution in [3.05, 3.63) is 65.2 Å². The third kappa shape index (κ3) is 5.89. The maximum absolute atomic E-state index is 6.22. The predicted molar refractivity (Wildman–Crippen MR) is 102 cm³/mol. The molecular weight excluding hydrogens is 399 g/mol. The number of aryl methyl sites for hydroxylation is 2. The maximum atomic E-state index is 6.22. The molecule has 1 heterocycles. The largest absolute Gasteiger partial charge is 0.487 e. The molecule has 0 amide bonds. The van der Waals surface area contributed by atoms with E-state index in [1.807, 2.05) is 0 Å². The second-order valence-corrected chi connectivity index (χ2v) is 7.19. The van der Waals surface area contributed by atoms with Crippen LogP contribution in [0.3, 0.4) is 0 Å². The van der Waals surface area contributed by atoms with Gasteiger partial charge in [-0.15, -0.1) is 0 Å². The predicted octanol–water partition coefficient (Wildman–Crippen LogP) is 4.12. The average Bonchev–Trinajstić information content (AvgIpc) is 2.84. The van der Waals surface area contributed by atoms with Crippen molar-refractivity contribution >= 4 is 0 Å². The number of para-hydroxylation sites is 1. The van der Waals surface area contributed by atoms with Crippen LogP contribution in [0.4, 0.5) is 0 Å². The Balaban J connectivity index is 0.00000243. The fraction of sp³-hybridized carbons (Fsp3) is 0.455. The number of quaternary nitrogens is 1. The molecule has 0 spiro atoms. The number of benzene rings is 2. The fourth-order valence-corrected chi connectivity index (χ4v) is 3.77. The molecule has 0 saturated carbocycles. The summed E-state index contributed by atoms with van der Waals surface area (Å²) in [5.74, 6) is 1.05. The third-order valence-electron chi connectivity index (χ3n) is 5.21. The number of hydrogen-bond acceptors (Lipinski definition) is 2. The maximum Gasteiger partial charge on any atom is 0.137 e. The molecule has 1 aliphatic rings. The summed E-state index contributed by atoms with van der Waals surface area (Å²) in [6, 6.07) is 17.2. The van der Waals surface area contributed by atoms with E-state index in [1.54, 1.807) is 0 Å². The van der Waals surface area contributed by atoms with E-state index in [-0.39, 0.29) is 32.7 Å². The normalized spacial score (nSPS) is 20.1. The van der Waals surface area contributed by atoms with Crippen LogP contribution in [0, 0.1) is 13.8 Å². The quantitative estimate of drug-likeness (QED) is 0.644. The van der Waals surface area contributed by atoms with E-state index in [1.165, 1.54) is 16.7 Å². The van der Waals surface area contributed by atoms with E-state index >= 15 is 0 Å². The van der Waals surface area contributed by atoms with Crippen molar-refractivity contribution < 1.29 is 46.7 Å². The van der Waals surface area contributed by atoms with Gasteiger partial charge in [-0.25, -0.2) is 0 Å². The smallest absolute Gasteiger partial charge is 0.137 e. The molecule has 1 unspecified atom stereocenters. The molecule has 4 heteroatoms. The summed E-state index contributed by atoms with van der Waals surface area (Å²) < 4.78 is 13.0. The summed E-state index contributed by atoms with van der Waals surface area (Å²) in [4.78, 5) is 0. The van der Waals surface area contributed by atoms with Gasteiger partial charge in [0.05, 0.1) is 19.8 Å². The molecule has 0 bridgehead atoms. The van der Waals surface area contributed by atoms with E-state index in [9.17, 15) is 0 Å². The summed E-state index contributed by atoms with van der Waals surface area (Å²) >= 11 is 0. The molecule has 2 aromatic rings. The number of ether oxygens (including phenoxy) is 2. The van der Waals surface area contributed by atoms with Crippen molar-refractivity contribution in [2.24, 2.45) is 0 Å². The van der Waals surface area contributed by atoms with Crippen LogP contribution in [0.1, 0.15) is 23.1 Å². The summed E-state index contributed by atoms with van der Waals surface area (Å²) in [5.41, 5.74) is 3.83. The average molecular weight is 429 g/mol. The standard InChI is InChI=1S/C22H30NO2.Y/c1-19-8-6-9-20(2)22(19)25-17-14-23(12-7-15-24-16-13-23)18-21-10-4-3-5-11-21;/h3-6,8-11H,7,12-18H2,1-2H3;/q+1;. The van der Waals surface area contributed by atoms with Crippen LogP contribution in [-0.2, 0) is 44.0 Å². The van der Waals surface area contributed by atoms with E-state index in [0.717, 1.165) is 62.7 Å². The SMILES string of the molecule is Cc1cccc(C)c1OCC[N+]1(Cc2ccccc2)CCCOCC1.[Y]. The van der Waals surface area contributed by atoms with Gasteiger partial charge < -0.3 is 14.0 Å². The topological polar surface area (TPSA) is 18.5 Å². The van der Waals surface area contributed by atoms with E-state index < -0.39 is 0 Å². The number of nitrogens with zero attached hydrogens (tertiary/aromatic N) is 1. The zero-order valence-electron chi connectivity index (χ0n) is 16.1. The van der Waals surface area contributed by atoms with Gasteiger partial charge in [-0.1, -0.05) is 48.5 Å². The summed E-state index contributed by atoms with van der Waals surface area (Å²) in [6.07, 6.45) is 1.12. The fourth-order valence-electron chi connectivity index (χ4n) is 3.77. The minimum atomic E-state index is 0. The molecule has 1 atom stereocenters. The Morgan fingerprint density at radius 1 is 0.923 bits per heavy atom. The van der Waals surface area contributed by atoms with Crippen LogP contribution >= 0.6 is 0 Å². The van der Waals surface area contributed by atoms with Gasteiger partial charge in [-0.2, -0.15) is 0 Å². The van der Waals surface area contributed by atoms with Gasteiger partial charge in [0.25, 0.3) is 0 Å². The van der Waals surface area contributed by atoms with Crippen LogP contribution in [0.5, 0.6) is 5.75 Å². The summed E-state index contributed by atoms with van der Waals surface area (Å²) in [7, 11) is 0. The molecule has 0 aliphatic carbocycles. The van der Waals surface area contributed by atoms with Gasteiger partial charge in [0, 0.05) is 44.7 Å². The molecule has 0 N–H and O–H groups in total. The van der Waals surface area contributed by atoms with Gasteiger partial charge in [-0.05, 0) is 25.0 Å². The second kappa shape index (κ2) is 10.6. The van der Waals surface area contributed by atoms with Crippen LogP contribution in [0.2, 0.25) is 0 Å². The van der Waals surface area contributed by atoms with Crippen molar-refractivity contribution in [2.75, 3.05) is 39.5 Å². The Labute approximate surface area is 183 Å². The van der Waals surface area contributed by atoms with Crippen molar-refractivity contribution in [2.45, 2.75) is 26.8 Å². The Hall–Kier alpha value is -0.736. The van der Waals surface area contributed by atoms with Crippen molar-refractivity contribution in [3.63, 3.8) is 0 Å². The monoisotopic (exact) mass is 429 g/mol. The van der Waals surface area contributed by atoms with Crippen LogP contribution < -0.4 is 4.74 Å². The van der Waals surface area contributed by atoms with E-state index in [4.69, 9.17) is 9.47 Å². The Morgan fingerprint density at radius 3 is 2.38 bits per heavy atom. The number of rotatable bonds is 6. The molecule has 3 nitrogen and oxygen atoms in total. The summed E-state index contributed by atoms with van der Waals surface area (Å²) in [6.45, 7) is 11.0. The molecule has 1 fully saturated rings. The van der Waals surface area contributed by atoms with E-state index in [2.05, 4.69) is 62.4 Å². The first-order chi connectivity index (χ1) is 12.2. The van der Waals surface area contributed by atoms with Crippen LogP contribution in [0.15, 0.2) is 48.5 Å². The molecular formula is C22H30NO2Y+. The minimum absolute atomic E-state index is 0. The van der Waals surface area contributed by atoms with Crippen LogP contribution in [0.25, 0.3) is 0 Å². The molecule has 1 radical (unpaired) electrons. The molecule has 3 rings (SSSR count). The van der Waals surface area contributed by atoms with E-state index in [0.29, 0.717) is 0 Å². The number of hydrogen-bond donors (Lipinski definition) is 0. The van der Waals surface area contributed by atoms with Crippen LogP contribution in [-0.4, -0.2) is 43.9 Å². The molecule has 2 aromatic carbocycles. The molecule has 1 aliphatic heterocycles. The second-order valence-electron chi connectivity index (χ2n) is 7.19. The third-order valence-corrected chi connectivity index (χ3v) is 5.21. The Bertz CT molecular complexity index is 647. The minimum Gasteiger partial charge on any atom is -0.487 e. The van der Waals surface area contributed by atoms with Gasteiger partial charge in [0.2, 0.25) is 0 Å². The van der Waals surface area contributed by atoms with Crippen molar-refractivity contribution in [1.29, 1.82) is 0 Å². The first kappa shape index (κ1) is 21.6. The van der Waals surface area contributed by atoms with Gasteiger partial charge in [0.15, 0.2) is 0 Å². The summed E-state index contributed by atoms with van der Waals surface area (Å²) in [5, 5.41) is 0. The van der Waals surface area contributed by atoms with Crippen molar-refractivity contribution in [1.82, 2.24) is 0 Å². The Kier molecular flexibility index (Phi) is 8.76. The molecule has 0 aromatic heterocycles. The molecule has 137 valence electrons. The van der Waals surface area contributed by atoms with Gasteiger partial charge >= 0.3 is 0 Å². The van der Waals surface area contributed by atoms with Crippen molar-refractivity contribution in [3.8, 4) is 5.75 Å². The first-order valence-electron chi connectivity index (χ1n) is 9.34. The molecule has 1 saturated heterocycles. The Morgan fingerprint density at radius 2 is 1.65 bits per heavy atom. The zero-order valence-corrected chi connectivity index (χ0v) is 19.0. The van der Waals surface area contributed by atoms with Gasteiger partial charge in [-0.3, -0.25) is 0 Å². The zero-order chi connectivity index (χ0) is 17.5.